The highest BCUT2D eigenvalue weighted by atomic mass is 19.1. The van der Waals surface area contributed by atoms with Gasteiger partial charge in [0.1, 0.15) is 5.82 Å². The molecule has 0 saturated heterocycles. The molecule has 5 nitrogen and oxygen atoms in total. The number of carboxylic acid groups (broad SMARTS) is 1. The summed E-state index contributed by atoms with van der Waals surface area (Å²) < 4.78 is 17.9. The van der Waals surface area contributed by atoms with Gasteiger partial charge in [0, 0.05) is 0 Å². The van der Waals surface area contributed by atoms with Gasteiger partial charge in [-0.1, -0.05) is 13.3 Å². The summed E-state index contributed by atoms with van der Waals surface area (Å²) in [5, 5.41) is 8.83. The second-order valence-electron chi connectivity index (χ2n) is 3.76. The Labute approximate surface area is 103 Å². The smallest absolute Gasteiger partial charge is 0.345 e. The van der Waals surface area contributed by atoms with Crippen LogP contribution >= 0.6 is 0 Å². The fraction of sp³-hybridized carbons (Fsp3) is 0.333. The number of hydrogen-bond acceptors (Lipinski definition) is 4. The van der Waals surface area contributed by atoms with Crippen molar-refractivity contribution < 1.29 is 23.8 Å². The van der Waals surface area contributed by atoms with Crippen LogP contribution in [0.4, 0.5) is 10.1 Å². The van der Waals surface area contributed by atoms with E-state index in [-0.39, 0.29) is 17.7 Å². The quantitative estimate of drug-likeness (QED) is 0.618. The molecule has 3 N–H and O–H groups in total. The van der Waals surface area contributed by atoms with E-state index in [1.54, 1.807) is 6.92 Å². The van der Waals surface area contributed by atoms with Gasteiger partial charge in [-0.25, -0.2) is 14.0 Å². The second-order valence-corrected chi connectivity index (χ2v) is 3.76. The number of aliphatic carboxylic acids is 1. The van der Waals surface area contributed by atoms with E-state index >= 15 is 0 Å². The number of carbonyl (C=O) groups excluding carboxylic acids is 1. The Hall–Kier alpha value is -2.11. The van der Waals surface area contributed by atoms with Crippen molar-refractivity contribution in [2.24, 2.45) is 0 Å². The fourth-order valence-corrected chi connectivity index (χ4v) is 1.35. The van der Waals surface area contributed by atoms with Crippen LogP contribution < -0.4 is 5.73 Å². The molecule has 0 aliphatic rings. The Morgan fingerprint density at radius 3 is 2.67 bits per heavy atom. The van der Waals surface area contributed by atoms with Crippen LogP contribution in [0.25, 0.3) is 0 Å². The van der Waals surface area contributed by atoms with E-state index in [9.17, 15) is 14.0 Å². The summed E-state index contributed by atoms with van der Waals surface area (Å²) in [4.78, 5) is 22.4. The van der Waals surface area contributed by atoms with Crippen molar-refractivity contribution in [3.8, 4) is 0 Å². The van der Waals surface area contributed by atoms with Crippen molar-refractivity contribution in [3.05, 3.63) is 29.6 Å². The average Bonchev–Trinajstić information content (AvgIpc) is 2.31. The maximum absolute atomic E-state index is 13.1. The number of carbonyl (C=O) groups is 2. The van der Waals surface area contributed by atoms with Gasteiger partial charge in [0.2, 0.25) is 0 Å². The van der Waals surface area contributed by atoms with Gasteiger partial charge in [-0.3, -0.25) is 0 Å². The summed E-state index contributed by atoms with van der Waals surface area (Å²) in [7, 11) is 0. The van der Waals surface area contributed by atoms with E-state index in [1.807, 2.05) is 0 Å². The topological polar surface area (TPSA) is 89.6 Å². The van der Waals surface area contributed by atoms with Crippen LogP contribution in [0, 0.1) is 5.82 Å². The van der Waals surface area contributed by atoms with E-state index in [2.05, 4.69) is 0 Å². The number of carboxylic acids is 1. The Bertz CT molecular complexity index is 461. The fourth-order valence-electron chi connectivity index (χ4n) is 1.35. The van der Waals surface area contributed by atoms with Crippen LogP contribution in [0.3, 0.4) is 0 Å². The van der Waals surface area contributed by atoms with Gasteiger partial charge < -0.3 is 15.6 Å². The monoisotopic (exact) mass is 255 g/mol. The molecular weight excluding hydrogens is 241 g/mol. The minimum atomic E-state index is -1.22. The lowest BCUT2D eigenvalue weighted by Gasteiger charge is -2.12. The predicted octanol–water partition coefficient (Wildman–Crippen LogP) is 1.82. The summed E-state index contributed by atoms with van der Waals surface area (Å²) in [5.74, 6) is -2.84. The first kappa shape index (κ1) is 14.0. The Balaban J connectivity index is 2.80. The number of hydrogen-bond donors (Lipinski definition) is 2. The highest BCUT2D eigenvalue weighted by Gasteiger charge is 2.22. The molecule has 0 bridgehead atoms. The van der Waals surface area contributed by atoms with Gasteiger partial charge in [0.25, 0.3) is 0 Å². The number of nitrogen functional groups attached to an aromatic ring is 1. The molecule has 0 heterocycles. The summed E-state index contributed by atoms with van der Waals surface area (Å²) in [6, 6.07) is 3.43. The largest absolute Gasteiger partial charge is 0.479 e. The summed E-state index contributed by atoms with van der Waals surface area (Å²) >= 11 is 0. The minimum absolute atomic E-state index is 0.0657. The molecule has 1 rings (SSSR count). The van der Waals surface area contributed by atoms with Gasteiger partial charge >= 0.3 is 11.9 Å². The maximum Gasteiger partial charge on any atom is 0.345 e. The molecule has 0 aliphatic heterocycles. The lowest BCUT2D eigenvalue weighted by atomic mass is 10.2. The zero-order valence-corrected chi connectivity index (χ0v) is 9.85. The molecule has 0 radical (unpaired) electrons. The Kier molecular flexibility index (Phi) is 4.65. The molecular formula is C12H14FNO4. The third kappa shape index (κ3) is 3.44. The molecule has 1 aromatic rings. The number of nitrogens with two attached hydrogens (primary N) is 1. The first-order valence-electron chi connectivity index (χ1n) is 5.44. The zero-order chi connectivity index (χ0) is 13.7. The predicted molar refractivity (Wildman–Crippen MR) is 62.6 cm³/mol. The van der Waals surface area contributed by atoms with Crippen LogP contribution in [-0.4, -0.2) is 23.1 Å². The van der Waals surface area contributed by atoms with Gasteiger partial charge in [0.05, 0.1) is 11.3 Å². The highest BCUT2D eigenvalue weighted by molar-refractivity contribution is 5.91. The summed E-state index contributed by atoms with van der Waals surface area (Å²) in [6.07, 6.45) is -0.457. The number of benzene rings is 1. The van der Waals surface area contributed by atoms with E-state index in [4.69, 9.17) is 15.6 Å². The Morgan fingerprint density at radius 1 is 1.50 bits per heavy atom. The lowest BCUT2D eigenvalue weighted by Crippen LogP contribution is -2.26. The molecule has 0 spiro atoms. The molecule has 1 unspecified atom stereocenters. The van der Waals surface area contributed by atoms with Gasteiger partial charge in [-0.05, 0) is 24.6 Å². The van der Waals surface area contributed by atoms with Gasteiger partial charge in [-0.2, -0.15) is 0 Å². The molecule has 1 aromatic carbocycles. The lowest BCUT2D eigenvalue weighted by molar-refractivity contribution is -0.147. The van der Waals surface area contributed by atoms with E-state index in [1.165, 1.54) is 12.1 Å². The van der Waals surface area contributed by atoms with Crippen molar-refractivity contribution in [1.82, 2.24) is 0 Å². The first-order valence-corrected chi connectivity index (χ1v) is 5.44. The molecule has 0 saturated carbocycles. The van der Waals surface area contributed by atoms with Crippen molar-refractivity contribution in [3.63, 3.8) is 0 Å². The normalized spacial score (nSPS) is 11.9. The SMILES string of the molecule is CCCC(OC(=O)c1ccc(N)c(F)c1)C(=O)O. The molecule has 0 aliphatic carbocycles. The first-order chi connectivity index (χ1) is 8.45. The van der Waals surface area contributed by atoms with Gasteiger partial charge in [0.15, 0.2) is 6.10 Å². The average molecular weight is 255 g/mol. The van der Waals surface area contributed by atoms with Crippen LogP contribution in [-0.2, 0) is 9.53 Å². The zero-order valence-electron chi connectivity index (χ0n) is 9.85. The second kappa shape index (κ2) is 6.00. The third-order valence-electron chi connectivity index (χ3n) is 2.31. The van der Waals surface area contributed by atoms with Crippen LogP contribution in [0.2, 0.25) is 0 Å². The molecule has 98 valence electrons. The molecule has 0 fully saturated rings. The van der Waals surface area contributed by atoms with Crippen molar-refractivity contribution in [2.45, 2.75) is 25.9 Å². The minimum Gasteiger partial charge on any atom is -0.479 e. The number of esters is 1. The van der Waals surface area contributed by atoms with E-state index < -0.39 is 23.9 Å². The van der Waals surface area contributed by atoms with E-state index in [0.29, 0.717) is 6.42 Å². The van der Waals surface area contributed by atoms with Gasteiger partial charge in [-0.15, -0.1) is 0 Å². The maximum atomic E-state index is 13.1. The summed E-state index contributed by atoms with van der Waals surface area (Å²) in [5.41, 5.74) is 5.11. The number of rotatable bonds is 5. The number of halogens is 1. The highest BCUT2D eigenvalue weighted by Crippen LogP contribution is 2.14. The third-order valence-corrected chi connectivity index (χ3v) is 2.31. The molecule has 0 aromatic heterocycles. The molecule has 0 amide bonds. The number of ether oxygens (including phenoxy) is 1. The molecule has 1 atom stereocenters. The Morgan fingerprint density at radius 2 is 2.17 bits per heavy atom. The molecule has 18 heavy (non-hydrogen) atoms. The van der Waals surface area contributed by atoms with Crippen LogP contribution in [0.5, 0.6) is 0 Å². The standard InChI is InChI=1S/C12H14FNO4/c1-2-3-10(11(15)16)18-12(17)7-4-5-9(14)8(13)6-7/h4-6,10H,2-3,14H2,1H3,(H,15,16). The molecule has 6 heteroatoms. The number of anilines is 1. The van der Waals surface area contributed by atoms with Crippen LogP contribution in [0.15, 0.2) is 18.2 Å². The van der Waals surface area contributed by atoms with E-state index in [0.717, 1.165) is 6.07 Å². The van der Waals surface area contributed by atoms with Crippen molar-refractivity contribution in [1.29, 1.82) is 0 Å². The van der Waals surface area contributed by atoms with Crippen LogP contribution in [0.1, 0.15) is 30.1 Å². The van der Waals surface area contributed by atoms with Crippen molar-refractivity contribution >= 4 is 17.6 Å². The summed E-state index contributed by atoms with van der Waals surface area (Å²) in [6.45, 7) is 1.77. The van der Waals surface area contributed by atoms with Crippen molar-refractivity contribution in [2.75, 3.05) is 5.73 Å².